The summed E-state index contributed by atoms with van der Waals surface area (Å²) in [5.41, 5.74) is 3.31. The highest BCUT2D eigenvalue weighted by molar-refractivity contribution is 7.90. The molecule has 2 aliphatic rings. The zero-order valence-corrected chi connectivity index (χ0v) is 14.5. The molecule has 6 nitrogen and oxygen atoms in total. The van der Waals surface area contributed by atoms with Crippen LogP contribution >= 0.6 is 11.3 Å². The van der Waals surface area contributed by atoms with Crippen LogP contribution in [-0.2, 0) is 29.5 Å². The number of benzene rings is 1. The third-order valence-corrected chi connectivity index (χ3v) is 6.70. The van der Waals surface area contributed by atoms with E-state index in [-0.39, 0.29) is 5.91 Å². The predicted molar refractivity (Wildman–Crippen MR) is 94.9 cm³/mol. The molecule has 0 spiro atoms. The Balaban J connectivity index is 1.58. The van der Waals surface area contributed by atoms with E-state index >= 15 is 0 Å². The molecule has 2 heterocycles. The molecule has 24 heavy (non-hydrogen) atoms. The second-order valence-corrected chi connectivity index (χ2v) is 8.68. The second kappa shape index (κ2) is 5.58. The van der Waals surface area contributed by atoms with Crippen LogP contribution in [0.5, 0.6) is 0 Å². The fraction of sp³-hybridized carbons (Fsp3) is 0.312. The van der Waals surface area contributed by atoms with Gasteiger partial charge in [0.25, 0.3) is 16.1 Å². The van der Waals surface area contributed by atoms with E-state index in [1.54, 1.807) is 23.5 Å². The predicted octanol–water partition coefficient (Wildman–Crippen LogP) is 2.06. The van der Waals surface area contributed by atoms with Crippen LogP contribution in [0.3, 0.4) is 0 Å². The van der Waals surface area contributed by atoms with Crippen LogP contribution in [-0.4, -0.2) is 20.9 Å². The molecule has 8 heteroatoms. The largest absolute Gasteiger partial charge is 0.321 e. The van der Waals surface area contributed by atoms with Gasteiger partial charge in [0.15, 0.2) is 0 Å². The number of anilines is 2. The molecule has 1 aliphatic carbocycles. The maximum Gasteiger partial charge on any atom is 0.299 e. The average Bonchev–Trinajstić information content (AvgIpc) is 3.19. The number of nitrogens with two attached hydrogens (primary N) is 1. The Hall–Kier alpha value is -1.90. The summed E-state index contributed by atoms with van der Waals surface area (Å²) in [4.78, 5) is 14.4. The number of hydrogen-bond donors (Lipinski definition) is 2. The van der Waals surface area contributed by atoms with Crippen molar-refractivity contribution in [3.05, 3.63) is 45.1 Å². The molecule has 0 unspecified atom stereocenters. The Labute approximate surface area is 144 Å². The molecule has 1 amide bonds. The molecular formula is C16H17N3O3S2. The topological polar surface area (TPSA) is 92.5 Å². The highest BCUT2D eigenvalue weighted by atomic mass is 32.2. The molecule has 4 rings (SSSR count). The summed E-state index contributed by atoms with van der Waals surface area (Å²) in [6.45, 7) is 0.337. The minimum absolute atomic E-state index is 0.158. The van der Waals surface area contributed by atoms with Crippen LogP contribution in [0.4, 0.5) is 11.4 Å². The summed E-state index contributed by atoms with van der Waals surface area (Å²) in [5, 5.41) is 8.11. The molecule has 2 aromatic rings. The summed E-state index contributed by atoms with van der Waals surface area (Å²) in [6, 6.07) is 7.27. The number of aryl methyl sites for hydroxylation is 2. The molecule has 1 aromatic heterocycles. The van der Waals surface area contributed by atoms with Crippen molar-refractivity contribution >= 4 is 38.8 Å². The van der Waals surface area contributed by atoms with Gasteiger partial charge < -0.3 is 5.32 Å². The lowest BCUT2D eigenvalue weighted by molar-refractivity contribution is 0.103. The van der Waals surface area contributed by atoms with Crippen molar-refractivity contribution in [1.29, 1.82) is 0 Å². The third kappa shape index (κ3) is 2.70. The Morgan fingerprint density at radius 2 is 2.00 bits per heavy atom. The van der Waals surface area contributed by atoms with Crippen molar-refractivity contribution in [3.63, 3.8) is 0 Å². The van der Waals surface area contributed by atoms with Crippen LogP contribution in [0.1, 0.15) is 32.1 Å². The van der Waals surface area contributed by atoms with Crippen molar-refractivity contribution in [1.82, 2.24) is 0 Å². The molecule has 0 fully saturated rings. The molecule has 0 bridgehead atoms. The van der Waals surface area contributed by atoms with E-state index in [0.717, 1.165) is 24.8 Å². The first kappa shape index (κ1) is 15.6. The van der Waals surface area contributed by atoms with E-state index in [4.69, 9.17) is 5.14 Å². The van der Waals surface area contributed by atoms with E-state index in [0.29, 0.717) is 29.2 Å². The normalized spacial score (nSPS) is 16.1. The molecule has 1 aromatic carbocycles. The molecule has 1 aliphatic heterocycles. The molecule has 0 saturated heterocycles. The van der Waals surface area contributed by atoms with Gasteiger partial charge in [-0.05, 0) is 55.0 Å². The zero-order chi connectivity index (χ0) is 16.9. The lowest BCUT2D eigenvalue weighted by atomic mass is 10.1. The molecule has 3 N–H and O–H groups in total. The van der Waals surface area contributed by atoms with Crippen LogP contribution in [0, 0.1) is 0 Å². The monoisotopic (exact) mass is 363 g/mol. The van der Waals surface area contributed by atoms with E-state index in [1.807, 2.05) is 12.1 Å². The van der Waals surface area contributed by atoms with Gasteiger partial charge in [-0.25, -0.2) is 5.14 Å². The Bertz CT molecular complexity index is 913. The van der Waals surface area contributed by atoms with Gasteiger partial charge in [-0.15, -0.1) is 11.3 Å². The number of hydrogen-bond acceptors (Lipinski definition) is 4. The Kier molecular flexibility index (Phi) is 3.63. The minimum Gasteiger partial charge on any atom is -0.321 e. The minimum atomic E-state index is -3.79. The van der Waals surface area contributed by atoms with Gasteiger partial charge in [0, 0.05) is 17.1 Å². The quantitative estimate of drug-likeness (QED) is 0.874. The molecule has 126 valence electrons. The van der Waals surface area contributed by atoms with Crippen LogP contribution < -0.4 is 14.8 Å². The lowest BCUT2D eigenvalue weighted by Gasteiger charge is -2.16. The fourth-order valence-electron chi connectivity index (χ4n) is 3.33. The number of nitrogens with one attached hydrogen (secondary N) is 1. The van der Waals surface area contributed by atoms with Gasteiger partial charge in [0.2, 0.25) is 0 Å². The zero-order valence-electron chi connectivity index (χ0n) is 12.9. The van der Waals surface area contributed by atoms with Crippen LogP contribution in [0.2, 0.25) is 0 Å². The van der Waals surface area contributed by atoms with Gasteiger partial charge in [-0.3, -0.25) is 9.10 Å². The van der Waals surface area contributed by atoms with E-state index in [2.05, 4.69) is 5.32 Å². The van der Waals surface area contributed by atoms with Gasteiger partial charge in [-0.1, -0.05) is 6.07 Å². The maximum atomic E-state index is 12.4. The average molecular weight is 363 g/mol. The van der Waals surface area contributed by atoms with E-state index < -0.39 is 10.2 Å². The SMILES string of the molecule is NS(=O)(=O)N1CCc2ccc(NC(=O)c3cc4c(s3)CCC4)cc21. The number of fused-ring (bicyclic) bond motifs is 2. The lowest BCUT2D eigenvalue weighted by Crippen LogP contribution is -2.35. The van der Waals surface area contributed by atoms with Crippen molar-refractivity contribution in [2.45, 2.75) is 25.7 Å². The van der Waals surface area contributed by atoms with Crippen molar-refractivity contribution in [2.75, 3.05) is 16.2 Å². The summed E-state index contributed by atoms with van der Waals surface area (Å²) in [7, 11) is -3.79. The first-order chi connectivity index (χ1) is 11.4. The van der Waals surface area contributed by atoms with Crippen molar-refractivity contribution in [2.24, 2.45) is 5.14 Å². The van der Waals surface area contributed by atoms with Gasteiger partial charge in [0.1, 0.15) is 0 Å². The molecule has 0 atom stereocenters. The summed E-state index contributed by atoms with van der Waals surface area (Å²) in [6.07, 6.45) is 3.88. The van der Waals surface area contributed by atoms with E-state index in [9.17, 15) is 13.2 Å². The van der Waals surface area contributed by atoms with Gasteiger partial charge in [-0.2, -0.15) is 8.42 Å². The third-order valence-electron chi connectivity index (χ3n) is 4.47. The van der Waals surface area contributed by atoms with Crippen molar-refractivity contribution in [3.8, 4) is 0 Å². The van der Waals surface area contributed by atoms with Crippen molar-refractivity contribution < 1.29 is 13.2 Å². The fourth-order valence-corrected chi connectivity index (χ4v) is 5.26. The molecular weight excluding hydrogens is 346 g/mol. The first-order valence-electron chi connectivity index (χ1n) is 7.78. The summed E-state index contributed by atoms with van der Waals surface area (Å²) in [5.74, 6) is -0.158. The summed E-state index contributed by atoms with van der Waals surface area (Å²) < 4.78 is 24.5. The summed E-state index contributed by atoms with van der Waals surface area (Å²) >= 11 is 1.54. The number of thiophene rings is 1. The number of amides is 1. The number of carbonyl (C=O) groups is 1. The molecule has 0 saturated carbocycles. The number of rotatable bonds is 3. The Morgan fingerprint density at radius 1 is 1.17 bits per heavy atom. The molecule has 0 radical (unpaired) electrons. The highest BCUT2D eigenvalue weighted by Crippen LogP contribution is 2.33. The standard InChI is InChI=1S/C16H17N3O3S2/c17-24(21,22)19-7-6-10-4-5-12(9-13(10)19)18-16(20)15-8-11-2-1-3-14(11)23-15/h4-5,8-9H,1-3,6-7H2,(H,18,20)(H2,17,21,22). The van der Waals surface area contributed by atoms with Crippen LogP contribution in [0.25, 0.3) is 0 Å². The highest BCUT2D eigenvalue weighted by Gasteiger charge is 2.27. The van der Waals surface area contributed by atoms with E-state index in [1.165, 1.54) is 14.7 Å². The first-order valence-corrected chi connectivity index (χ1v) is 10.1. The number of nitrogens with zero attached hydrogens (tertiary/aromatic N) is 1. The maximum absolute atomic E-state index is 12.4. The Morgan fingerprint density at radius 3 is 2.75 bits per heavy atom. The van der Waals surface area contributed by atoms with Gasteiger partial charge in [0.05, 0.1) is 10.6 Å². The van der Waals surface area contributed by atoms with Crippen LogP contribution in [0.15, 0.2) is 24.3 Å². The van der Waals surface area contributed by atoms with Gasteiger partial charge >= 0.3 is 0 Å². The second-order valence-electron chi connectivity index (χ2n) is 6.08. The number of carbonyl (C=O) groups excluding carboxylic acids is 1. The smallest absolute Gasteiger partial charge is 0.299 e.